The van der Waals surface area contributed by atoms with E-state index in [-0.39, 0.29) is 24.3 Å². The van der Waals surface area contributed by atoms with E-state index in [2.05, 4.69) is 10.6 Å². The molecule has 1 heterocycles. The van der Waals surface area contributed by atoms with Gasteiger partial charge in [-0.2, -0.15) is 0 Å². The van der Waals surface area contributed by atoms with Gasteiger partial charge in [0.1, 0.15) is 0 Å². The summed E-state index contributed by atoms with van der Waals surface area (Å²) in [4.78, 5) is 25.2. The summed E-state index contributed by atoms with van der Waals surface area (Å²) in [5.41, 5.74) is 0. The number of likely N-dealkylation sites (N-methyl/N-ethyl adjacent to an activating group) is 1. The van der Waals surface area contributed by atoms with Crippen molar-refractivity contribution < 1.29 is 14.7 Å². The lowest BCUT2D eigenvalue weighted by Crippen LogP contribution is -2.45. The molecule has 0 unspecified atom stereocenters. The number of carbonyl (C=O) groups excluding carboxylic acids is 2. The van der Waals surface area contributed by atoms with E-state index in [0.717, 1.165) is 12.8 Å². The van der Waals surface area contributed by atoms with Crippen LogP contribution >= 0.6 is 0 Å². The van der Waals surface area contributed by atoms with Crippen LogP contribution in [0.25, 0.3) is 0 Å². The second kappa shape index (κ2) is 8.05. The Morgan fingerprint density at radius 3 is 2.56 bits per heavy atom. The predicted molar refractivity (Wildman–Crippen MR) is 67.9 cm³/mol. The maximum atomic E-state index is 11.8. The van der Waals surface area contributed by atoms with Gasteiger partial charge in [-0.25, -0.2) is 0 Å². The minimum Gasteiger partial charge on any atom is -0.396 e. The lowest BCUT2D eigenvalue weighted by molar-refractivity contribution is -0.134. The van der Waals surface area contributed by atoms with Crippen LogP contribution in [0.4, 0.5) is 0 Å². The van der Waals surface area contributed by atoms with Crippen LogP contribution in [-0.2, 0) is 9.59 Å². The molecule has 0 aromatic carbocycles. The van der Waals surface area contributed by atoms with Gasteiger partial charge in [-0.1, -0.05) is 0 Å². The Kier molecular flexibility index (Phi) is 6.67. The van der Waals surface area contributed by atoms with Gasteiger partial charge in [0.2, 0.25) is 11.8 Å². The zero-order valence-electron chi connectivity index (χ0n) is 10.9. The van der Waals surface area contributed by atoms with Crippen LogP contribution < -0.4 is 10.6 Å². The Morgan fingerprint density at radius 2 is 2.00 bits per heavy atom. The molecule has 1 aliphatic heterocycles. The predicted octanol–water partition coefficient (Wildman–Crippen LogP) is -1.06. The Morgan fingerprint density at radius 1 is 1.33 bits per heavy atom. The highest BCUT2D eigenvalue weighted by molar-refractivity contribution is 5.80. The first kappa shape index (κ1) is 14.9. The van der Waals surface area contributed by atoms with Crippen LogP contribution in [0, 0.1) is 5.92 Å². The van der Waals surface area contributed by atoms with Gasteiger partial charge in [-0.15, -0.1) is 0 Å². The molecular weight excluding hydrogens is 234 g/mol. The first-order valence-corrected chi connectivity index (χ1v) is 6.50. The number of hydrogen-bond acceptors (Lipinski definition) is 4. The third-order valence-corrected chi connectivity index (χ3v) is 3.18. The number of nitrogens with zero attached hydrogens (tertiary/aromatic N) is 1. The van der Waals surface area contributed by atoms with E-state index < -0.39 is 0 Å². The van der Waals surface area contributed by atoms with Crippen LogP contribution in [0.1, 0.15) is 19.3 Å². The molecule has 0 saturated carbocycles. The standard InChI is InChI=1S/C12H23N3O3/c1-13-9-11(17)15-6-3-10(4-7-15)12(18)14-5-2-8-16/h10,13,16H,2-9H2,1H3,(H,14,18). The number of likely N-dealkylation sites (tertiary alicyclic amines) is 1. The second-order valence-electron chi connectivity index (χ2n) is 4.55. The van der Waals surface area contributed by atoms with E-state index in [1.807, 2.05) is 0 Å². The quantitative estimate of drug-likeness (QED) is 0.530. The average Bonchev–Trinajstić information content (AvgIpc) is 2.39. The summed E-state index contributed by atoms with van der Waals surface area (Å²) in [7, 11) is 1.75. The Hall–Kier alpha value is -1.14. The van der Waals surface area contributed by atoms with Gasteiger partial charge in [0.05, 0.1) is 6.54 Å². The van der Waals surface area contributed by atoms with Crippen molar-refractivity contribution in [2.75, 3.05) is 39.8 Å². The van der Waals surface area contributed by atoms with Crippen LogP contribution in [0.5, 0.6) is 0 Å². The molecule has 104 valence electrons. The maximum absolute atomic E-state index is 11.8. The van der Waals surface area contributed by atoms with Gasteiger partial charge in [0, 0.05) is 32.2 Å². The fourth-order valence-electron chi connectivity index (χ4n) is 2.09. The minimum atomic E-state index is 0.00216. The number of hydrogen-bond donors (Lipinski definition) is 3. The summed E-state index contributed by atoms with van der Waals surface area (Å²) >= 11 is 0. The monoisotopic (exact) mass is 257 g/mol. The minimum absolute atomic E-state index is 0.00216. The molecule has 0 aromatic heterocycles. The molecule has 1 saturated heterocycles. The van der Waals surface area contributed by atoms with Crippen LogP contribution in [0.15, 0.2) is 0 Å². The normalized spacial score (nSPS) is 16.7. The van der Waals surface area contributed by atoms with Crippen molar-refractivity contribution >= 4 is 11.8 Å². The molecular formula is C12H23N3O3. The van der Waals surface area contributed by atoms with E-state index in [1.54, 1.807) is 11.9 Å². The molecule has 6 nitrogen and oxygen atoms in total. The Bertz CT molecular complexity index is 276. The average molecular weight is 257 g/mol. The van der Waals surface area contributed by atoms with Gasteiger partial charge in [0.15, 0.2) is 0 Å². The molecule has 18 heavy (non-hydrogen) atoms. The van der Waals surface area contributed by atoms with Crippen molar-refractivity contribution in [3.63, 3.8) is 0 Å². The van der Waals surface area contributed by atoms with E-state index in [9.17, 15) is 9.59 Å². The number of aliphatic hydroxyl groups is 1. The zero-order valence-corrected chi connectivity index (χ0v) is 10.9. The topological polar surface area (TPSA) is 81.7 Å². The molecule has 1 aliphatic rings. The fraction of sp³-hybridized carbons (Fsp3) is 0.833. The van der Waals surface area contributed by atoms with Gasteiger partial charge < -0.3 is 20.6 Å². The largest absolute Gasteiger partial charge is 0.396 e. The van der Waals surface area contributed by atoms with Gasteiger partial charge >= 0.3 is 0 Å². The lowest BCUT2D eigenvalue weighted by Gasteiger charge is -2.31. The van der Waals surface area contributed by atoms with E-state index in [0.29, 0.717) is 32.6 Å². The highest BCUT2D eigenvalue weighted by atomic mass is 16.3. The van der Waals surface area contributed by atoms with Crippen molar-refractivity contribution in [2.45, 2.75) is 19.3 Å². The molecule has 0 radical (unpaired) electrons. The Labute approximate surface area is 108 Å². The summed E-state index contributed by atoms with van der Waals surface area (Å²) in [6.45, 7) is 2.27. The van der Waals surface area contributed by atoms with E-state index >= 15 is 0 Å². The molecule has 2 amide bonds. The van der Waals surface area contributed by atoms with E-state index in [4.69, 9.17) is 5.11 Å². The Balaban J connectivity index is 2.26. The van der Waals surface area contributed by atoms with Crippen LogP contribution in [0.2, 0.25) is 0 Å². The maximum Gasteiger partial charge on any atom is 0.236 e. The van der Waals surface area contributed by atoms with Crippen molar-refractivity contribution in [1.29, 1.82) is 0 Å². The van der Waals surface area contributed by atoms with Crippen molar-refractivity contribution in [1.82, 2.24) is 15.5 Å². The van der Waals surface area contributed by atoms with Gasteiger partial charge in [-0.3, -0.25) is 9.59 Å². The smallest absolute Gasteiger partial charge is 0.236 e. The third kappa shape index (κ3) is 4.62. The molecule has 0 atom stereocenters. The first-order valence-electron chi connectivity index (χ1n) is 6.50. The molecule has 0 aliphatic carbocycles. The second-order valence-corrected chi connectivity index (χ2v) is 4.55. The number of amides is 2. The summed E-state index contributed by atoms with van der Waals surface area (Å²) in [6.07, 6.45) is 2.03. The first-order chi connectivity index (χ1) is 8.69. The SMILES string of the molecule is CNCC(=O)N1CCC(C(=O)NCCCO)CC1. The lowest BCUT2D eigenvalue weighted by atomic mass is 9.96. The summed E-state index contributed by atoms with van der Waals surface area (Å²) in [6, 6.07) is 0. The number of nitrogens with one attached hydrogen (secondary N) is 2. The zero-order chi connectivity index (χ0) is 13.4. The number of carbonyl (C=O) groups is 2. The number of aliphatic hydroxyl groups excluding tert-OH is 1. The van der Waals surface area contributed by atoms with Crippen molar-refractivity contribution in [3.05, 3.63) is 0 Å². The molecule has 0 bridgehead atoms. The molecule has 1 fully saturated rings. The highest BCUT2D eigenvalue weighted by Crippen LogP contribution is 2.17. The summed E-state index contributed by atoms with van der Waals surface area (Å²) in [5, 5.41) is 14.3. The molecule has 0 spiro atoms. The summed E-state index contributed by atoms with van der Waals surface area (Å²) < 4.78 is 0. The molecule has 3 N–H and O–H groups in total. The fourth-order valence-corrected chi connectivity index (χ4v) is 2.09. The number of piperidine rings is 1. The van der Waals surface area contributed by atoms with Crippen LogP contribution in [0.3, 0.4) is 0 Å². The van der Waals surface area contributed by atoms with Crippen LogP contribution in [-0.4, -0.2) is 61.7 Å². The molecule has 6 heteroatoms. The van der Waals surface area contributed by atoms with Crippen molar-refractivity contribution in [3.8, 4) is 0 Å². The highest BCUT2D eigenvalue weighted by Gasteiger charge is 2.26. The summed E-state index contributed by atoms with van der Waals surface area (Å²) in [5.74, 6) is 0.142. The third-order valence-electron chi connectivity index (χ3n) is 3.18. The molecule has 1 rings (SSSR count). The van der Waals surface area contributed by atoms with Gasteiger partial charge in [-0.05, 0) is 26.3 Å². The van der Waals surface area contributed by atoms with E-state index in [1.165, 1.54) is 0 Å². The molecule has 0 aromatic rings. The van der Waals surface area contributed by atoms with Crippen molar-refractivity contribution in [2.24, 2.45) is 5.92 Å². The number of rotatable bonds is 6. The van der Waals surface area contributed by atoms with Gasteiger partial charge in [0.25, 0.3) is 0 Å².